The molecule has 2 heterocycles. The number of thiophene rings is 1. The molecular formula is C15H13N3O2S2. The van der Waals surface area contributed by atoms with Gasteiger partial charge in [0.2, 0.25) is 11.8 Å². The first kappa shape index (κ1) is 14.8. The Kier molecular flexibility index (Phi) is 4.55. The van der Waals surface area contributed by atoms with E-state index < -0.39 is 5.25 Å². The lowest BCUT2D eigenvalue weighted by molar-refractivity contribution is -0.124. The van der Waals surface area contributed by atoms with Crippen molar-refractivity contribution in [2.24, 2.45) is 5.10 Å². The van der Waals surface area contributed by atoms with Crippen LogP contribution >= 0.6 is 23.1 Å². The van der Waals surface area contributed by atoms with Crippen molar-refractivity contribution in [1.82, 2.24) is 5.43 Å². The summed E-state index contributed by atoms with van der Waals surface area (Å²) in [6.45, 7) is 0. The Hall–Kier alpha value is -2.12. The number of carbonyl (C=O) groups is 2. The molecule has 0 unspecified atom stereocenters. The summed E-state index contributed by atoms with van der Waals surface area (Å²) in [6.07, 6.45) is 1.68. The van der Waals surface area contributed by atoms with E-state index in [1.165, 1.54) is 23.1 Å². The van der Waals surface area contributed by atoms with Gasteiger partial charge >= 0.3 is 0 Å². The minimum Gasteiger partial charge on any atom is -0.324 e. The average Bonchev–Trinajstić information content (AvgIpc) is 3.01. The number of carbonyl (C=O) groups excluding carboxylic acids is 2. The van der Waals surface area contributed by atoms with Gasteiger partial charge in [-0.15, -0.1) is 23.1 Å². The summed E-state index contributed by atoms with van der Waals surface area (Å²) in [5.41, 5.74) is 3.25. The van der Waals surface area contributed by atoms with Gasteiger partial charge in [0.15, 0.2) is 0 Å². The van der Waals surface area contributed by atoms with Crippen LogP contribution in [-0.4, -0.2) is 23.3 Å². The highest BCUT2D eigenvalue weighted by molar-refractivity contribution is 8.01. The van der Waals surface area contributed by atoms with Crippen LogP contribution in [0.5, 0.6) is 0 Å². The number of fused-ring (bicyclic) bond motifs is 1. The van der Waals surface area contributed by atoms with E-state index in [1.54, 1.807) is 6.21 Å². The second kappa shape index (κ2) is 6.76. The van der Waals surface area contributed by atoms with E-state index in [2.05, 4.69) is 15.8 Å². The topological polar surface area (TPSA) is 70.6 Å². The number of nitrogens with zero attached hydrogens (tertiary/aromatic N) is 1. The fraction of sp³-hybridized carbons (Fsp3) is 0.133. The Bertz CT molecular complexity index is 713. The zero-order chi connectivity index (χ0) is 15.4. The molecule has 22 heavy (non-hydrogen) atoms. The Morgan fingerprint density at radius 1 is 1.32 bits per heavy atom. The highest BCUT2D eigenvalue weighted by Crippen LogP contribution is 2.36. The molecule has 1 aromatic carbocycles. The summed E-state index contributed by atoms with van der Waals surface area (Å²) in [4.78, 5) is 25.8. The van der Waals surface area contributed by atoms with Crippen molar-refractivity contribution in [3.05, 3.63) is 46.7 Å². The lowest BCUT2D eigenvalue weighted by Gasteiger charge is -2.23. The second-order valence-electron chi connectivity index (χ2n) is 4.60. The van der Waals surface area contributed by atoms with Crippen LogP contribution in [0, 0.1) is 0 Å². The molecule has 2 amide bonds. The van der Waals surface area contributed by atoms with Gasteiger partial charge in [0.25, 0.3) is 0 Å². The van der Waals surface area contributed by atoms with Crippen molar-refractivity contribution in [2.75, 3.05) is 5.32 Å². The fourth-order valence-corrected chi connectivity index (χ4v) is 3.67. The lowest BCUT2D eigenvalue weighted by atomic mass is 10.2. The van der Waals surface area contributed by atoms with E-state index in [-0.39, 0.29) is 18.2 Å². The molecule has 1 aliphatic rings. The Morgan fingerprint density at radius 3 is 3.00 bits per heavy atom. The van der Waals surface area contributed by atoms with Crippen molar-refractivity contribution in [3.63, 3.8) is 0 Å². The third-order valence-electron chi connectivity index (χ3n) is 3.00. The molecule has 112 valence electrons. The Morgan fingerprint density at radius 2 is 2.18 bits per heavy atom. The van der Waals surface area contributed by atoms with Crippen LogP contribution in [0.15, 0.2) is 51.8 Å². The molecule has 0 fully saturated rings. The predicted octanol–water partition coefficient (Wildman–Crippen LogP) is 2.70. The second-order valence-corrected chi connectivity index (χ2v) is 6.83. The third kappa shape index (κ3) is 3.55. The molecule has 0 saturated carbocycles. The molecule has 3 rings (SSSR count). The van der Waals surface area contributed by atoms with Gasteiger partial charge < -0.3 is 5.32 Å². The predicted molar refractivity (Wildman–Crippen MR) is 89.4 cm³/mol. The van der Waals surface area contributed by atoms with Crippen molar-refractivity contribution in [3.8, 4) is 0 Å². The van der Waals surface area contributed by atoms with Crippen LogP contribution in [-0.2, 0) is 9.59 Å². The molecule has 2 N–H and O–H groups in total. The number of hydrazone groups is 1. The number of amides is 2. The van der Waals surface area contributed by atoms with Crippen molar-refractivity contribution < 1.29 is 9.59 Å². The van der Waals surface area contributed by atoms with Gasteiger partial charge in [0, 0.05) is 16.2 Å². The number of benzene rings is 1. The maximum Gasteiger partial charge on any atom is 0.241 e. The number of nitrogens with one attached hydrogen (secondary N) is 2. The zero-order valence-corrected chi connectivity index (χ0v) is 13.1. The highest BCUT2D eigenvalue weighted by Gasteiger charge is 2.28. The van der Waals surface area contributed by atoms with Crippen LogP contribution in [0.25, 0.3) is 0 Å². The number of thioether (sulfide) groups is 1. The van der Waals surface area contributed by atoms with Crippen LogP contribution in [0.3, 0.4) is 0 Å². The van der Waals surface area contributed by atoms with Gasteiger partial charge in [0.05, 0.1) is 17.2 Å². The first-order valence-corrected chi connectivity index (χ1v) is 8.40. The molecule has 0 spiro atoms. The Balaban J connectivity index is 1.57. The van der Waals surface area contributed by atoms with Crippen LogP contribution in [0.1, 0.15) is 11.3 Å². The number of rotatable bonds is 4. The minimum atomic E-state index is -0.438. The summed E-state index contributed by atoms with van der Waals surface area (Å²) in [7, 11) is 0. The van der Waals surface area contributed by atoms with Crippen LogP contribution < -0.4 is 10.7 Å². The SMILES string of the molecule is O=C(C[C@H]1Sc2ccccc2NC1=O)N/N=C\c1cccs1. The minimum absolute atomic E-state index is 0.0899. The van der Waals surface area contributed by atoms with Gasteiger partial charge in [-0.1, -0.05) is 18.2 Å². The molecule has 0 radical (unpaired) electrons. The highest BCUT2D eigenvalue weighted by atomic mass is 32.2. The molecule has 0 bridgehead atoms. The third-order valence-corrected chi connectivity index (χ3v) is 5.08. The summed E-state index contributed by atoms with van der Waals surface area (Å²) < 4.78 is 0. The van der Waals surface area contributed by atoms with E-state index in [9.17, 15) is 9.59 Å². The van der Waals surface area contributed by atoms with Gasteiger partial charge in [-0.05, 0) is 23.6 Å². The maximum absolute atomic E-state index is 12.0. The first-order chi connectivity index (χ1) is 10.7. The van der Waals surface area contributed by atoms with Crippen LogP contribution in [0.2, 0.25) is 0 Å². The molecular weight excluding hydrogens is 318 g/mol. The van der Waals surface area contributed by atoms with E-state index in [4.69, 9.17) is 0 Å². The lowest BCUT2D eigenvalue weighted by Crippen LogP contribution is -2.33. The van der Waals surface area contributed by atoms with E-state index in [1.807, 2.05) is 41.8 Å². The zero-order valence-electron chi connectivity index (χ0n) is 11.5. The quantitative estimate of drug-likeness (QED) is 0.668. The molecule has 1 aromatic heterocycles. The standard InChI is InChI=1S/C15H13N3O2S2/c19-14(18-16-9-10-4-3-7-21-10)8-13-15(20)17-11-5-1-2-6-12(11)22-13/h1-7,9,13H,8H2,(H,17,20)(H,18,19)/b16-9-/t13-/m1/s1. The molecule has 2 aromatic rings. The van der Waals surface area contributed by atoms with E-state index in [0.29, 0.717) is 0 Å². The van der Waals surface area contributed by atoms with Gasteiger partial charge in [-0.2, -0.15) is 5.10 Å². The smallest absolute Gasteiger partial charge is 0.241 e. The largest absolute Gasteiger partial charge is 0.324 e. The van der Waals surface area contributed by atoms with Gasteiger partial charge in [-0.25, -0.2) is 5.43 Å². The molecule has 1 aliphatic heterocycles. The summed E-state index contributed by atoms with van der Waals surface area (Å²) in [6, 6.07) is 11.4. The Labute approximate surface area is 135 Å². The molecule has 7 heteroatoms. The number of anilines is 1. The number of para-hydroxylation sites is 1. The normalized spacial score (nSPS) is 17.1. The van der Waals surface area contributed by atoms with Crippen molar-refractivity contribution in [1.29, 1.82) is 0 Å². The van der Waals surface area contributed by atoms with E-state index >= 15 is 0 Å². The van der Waals surface area contributed by atoms with Crippen molar-refractivity contribution in [2.45, 2.75) is 16.6 Å². The molecule has 0 aliphatic carbocycles. The van der Waals surface area contributed by atoms with Crippen LogP contribution in [0.4, 0.5) is 5.69 Å². The number of hydrogen-bond donors (Lipinski definition) is 2. The maximum atomic E-state index is 12.0. The summed E-state index contributed by atoms with van der Waals surface area (Å²) in [5, 5.41) is 8.21. The number of hydrogen-bond acceptors (Lipinski definition) is 5. The fourth-order valence-electron chi connectivity index (χ4n) is 1.97. The van der Waals surface area contributed by atoms with Gasteiger partial charge in [-0.3, -0.25) is 9.59 Å². The molecule has 0 saturated heterocycles. The van der Waals surface area contributed by atoms with Gasteiger partial charge in [0.1, 0.15) is 0 Å². The van der Waals surface area contributed by atoms with E-state index in [0.717, 1.165) is 15.5 Å². The molecule has 1 atom stereocenters. The first-order valence-electron chi connectivity index (χ1n) is 6.64. The summed E-state index contributed by atoms with van der Waals surface area (Å²) in [5.74, 6) is -0.430. The van der Waals surface area contributed by atoms with Crippen molar-refractivity contribution >= 4 is 46.8 Å². The monoisotopic (exact) mass is 331 g/mol. The summed E-state index contributed by atoms with van der Waals surface area (Å²) >= 11 is 2.94. The molecule has 5 nitrogen and oxygen atoms in total. The average molecular weight is 331 g/mol.